The fourth-order valence-electron chi connectivity index (χ4n) is 1.89. The summed E-state index contributed by atoms with van der Waals surface area (Å²) in [5.74, 6) is 0.624. The van der Waals surface area contributed by atoms with Gasteiger partial charge >= 0.3 is 0 Å². The average Bonchev–Trinajstić information content (AvgIpc) is 2.29. The van der Waals surface area contributed by atoms with E-state index in [0.29, 0.717) is 5.92 Å². The molecule has 0 radical (unpaired) electrons. The van der Waals surface area contributed by atoms with Gasteiger partial charge in [0.2, 0.25) is 0 Å². The summed E-state index contributed by atoms with van der Waals surface area (Å²) in [6, 6.07) is 6.39. The standard InChI is InChI=1S/C15H21Cl/c1-4-6-7-8-13(5-2)14-9-10-15(16)12(3)11-14/h6-7,9-11,13H,4-5,8H2,1-3H3/b7-6-. The van der Waals surface area contributed by atoms with Crippen molar-refractivity contribution in [3.05, 3.63) is 46.5 Å². The second kappa shape index (κ2) is 6.75. The predicted octanol–water partition coefficient (Wildman–Crippen LogP) is 5.50. The summed E-state index contributed by atoms with van der Waals surface area (Å²) in [7, 11) is 0. The van der Waals surface area contributed by atoms with Gasteiger partial charge < -0.3 is 0 Å². The quantitative estimate of drug-likeness (QED) is 0.593. The highest BCUT2D eigenvalue weighted by Gasteiger charge is 2.08. The van der Waals surface area contributed by atoms with Crippen molar-refractivity contribution in [1.29, 1.82) is 0 Å². The fourth-order valence-corrected chi connectivity index (χ4v) is 2.00. The molecule has 16 heavy (non-hydrogen) atoms. The molecule has 1 atom stereocenters. The number of hydrogen-bond donors (Lipinski definition) is 0. The maximum absolute atomic E-state index is 6.04. The van der Waals surface area contributed by atoms with Crippen molar-refractivity contribution in [2.45, 2.75) is 46.0 Å². The van der Waals surface area contributed by atoms with Gasteiger partial charge in [-0.2, -0.15) is 0 Å². The third kappa shape index (κ3) is 3.68. The van der Waals surface area contributed by atoms with Crippen molar-refractivity contribution in [1.82, 2.24) is 0 Å². The number of hydrogen-bond acceptors (Lipinski definition) is 0. The molecule has 0 nitrogen and oxygen atoms in total. The van der Waals surface area contributed by atoms with E-state index in [9.17, 15) is 0 Å². The third-order valence-corrected chi connectivity index (χ3v) is 3.39. The molecular weight excluding hydrogens is 216 g/mol. The SMILES string of the molecule is CC/C=C\CC(CC)c1ccc(Cl)c(C)c1. The molecule has 0 saturated heterocycles. The smallest absolute Gasteiger partial charge is 0.0435 e. The van der Waals surface area contributed by atoms with Crippen molar-refractivity contribution in [2.24, 2.45) is 0 Å². The first-order valence-corrected chi connectivity index (χ1v) is 6.47. The fraction of sp³-hybridized carbons (Fsp3) is 0.467. The molecule has 0 fully saturated rings. The van der Waals surface area contributed by atoms with Crippen LogP contribution in [0.4, 0.5) is 0 Å². The first-order chi connectivity index (χ1) is 7.69. The van der Waals surface area contributed by atoms with Gasteiger partial charge in [0.15, 0.2) is 0 Å². The topological polar surface area (TPSA) is 0 Å². The van der Waals surface area contributed by atoms with Gasteiger partial charge in [0.05, 0.1) is 0 Å². The number of halogens is 1. The van der Waals surface area contributed by atoms with Crippen LogP contribution < -0.4 is 0 Å². The Hall–Kier alpha value is -0.750. The minimum Gasteiger partial charge on any atom is -0.0888 e. The molecule has 0 aromatic heterocycles. The lowest BCUT2D eigenvalue weighted by Crippen LogP contribution is -1.96. The highest BCUT2D eigenvalue weighted by Crippen LogP contribution is 2.27. The van der Waals surface area contributed by atoms with Crippen LogP contribution in [0.2, 0.25) is 5.02 Å². The number of rotatable bonds is 5. The molecule has 88 valence electrons. The summed E-state index contributed by atoms with van der Waals surface area (Å²) in [6.07, 6.45) is 7.96. The lowest BCUT2D eigenvalue weighted by molar-refractivity contribution is 0.673. The van der Waals surface area contributed by atoms with Crippen LogP contribution in [0, 0.1) is 6.92 Å². The lowest BCUT2D eigenvalue weighted by atomic mass is 9.92. The molecule has 1 unspecified atom stereocenters. The molecule has 0 bridgehead atoms. The summed E-state index contributed by atoms with van der Waals surface area (Å²) in [6.45, 7) is 6.48. The van der Waals surface area contributed by atoms with Gasteiger partial charge in [-0.05, 0) is 49.3 Å². The minimum absolute atomic E-state index is 0.624. The highest BCUT2D eigenvalue weighted by atomic mass is 35.5. The zero-order valence-electron chi connectivity index (χ0n) is 10.5. The van der Waals surface area contributed by atoms with Gasteiger partial charge in [-0.1, -0.05) is 49.7 Å². The van der Waals surface area contributed by atoms with E-state index in [2.05, 4.69) is 45.1 Å². The number of aryl methyl sites for hydroxylation is 1. The van der Waals surface area contributed by atoms with Crippen molar-refractivity contribution in [3.8, 4) is 0 Å². The maximum atomic E-state index is 6.04. The van der Waals surface area contributed by atoms with Crippen LogP contribution in [0.25, 0.3) is 0 Å². The maximum Gasteiger partial charge on any atom is 0.0435 e. The monoisotopic (exact) mass is 236 g/mol. The van der Waals surface area contributed by atoms with Crippen LogP contribution in [0.5, 0.6) is 0 Å². The highest BCUT2D eigenvalue weighted by molar-refractivity contribution is 6.31. The molecule has 0 aliphatic rings. The molecular formula is C15H21Cl. The molecule has 0 aliphatic heterocycles. The summed E-state index contributed by atoms with van der Waals surface area (Å²) < 4.78 is 0. The third-order valence-electron chi connectivity index (χ3n) is 2.97. The zero-order chi connectivity index (χ0) is 12.0. The molecule has 0 aliphatic carbocycles. The molecule has 1 aromatic rings. The Balaban J connectivity index is 2.78. The van der Waals surface area contributed by atoms with Crippen LogP contribution >= 0.6 is 11.6 Å². The summed E-state index contributed by atoms with van der Waals surface area (Å²) >= 11 is 6.04. The van der Waals surface area contributed by atoms with E-state index < -0.39 is 0 Å². The van der Waals surface area contributed by atoms with Crippen LogP contribution in [-0.4, -0.2) is 0 Å². The predicted molar refractivity (Wildman–Crippen MR) is 73.3 cm³/mol. The Morgan fingerprint density at radius 1 is 1.25 bits per heavy atom. The van der Waals surface area contributed by atoms with Crippen molar-refractivity contribution in [2.75, 3.05) is 0 Å². The van der Waals surface area contributed by atoms with Gasteiger partial charge in [0.25, 0.3) is 0 Å². The van der Waals surface area contributed by atoms with E-state index in [-0.39, 0.29) is 0 Å². The second-order valence-electron chi connectivity index (χ2n) is 4.23. The van der Waals surface area contributed by atoms with Gasteiger partial charge in [0, 0.05) is 5.02 Å². The van der Waals surface area contributed by atoms with Crippen molar-refractivity contribution >= 4 is 11.6 Å². The van der Waals surface area contributed by atoms with E-state index in [4.69, 9.17) is 11.6 Å². The molecule has 0 spiro atoms. The van der Waals surface area contributed by atoms with E-state index in [1.165, 1.54) is 17.5 Å². The van der Waals surface area contributed by atoms with Gasteiger partial charge in [-0.15, -0.1) is 0 Å². The van der Waals surface area contributed by atoms with Crippen molar-refractivity contribution < 1.29 is 0 Å². The van der Waals surface area contributed by atoms with E-state index in [1.807, 2.05) is 6.07 Å². The van der Waals surface area contributed by atoms with Gasteiger partial charge in [-0.3, -0.25) is 0 Å². The summed E-state index contributed by atoms with van der Waals surface area (Å²) in [4.78, 5) is 0. The zero-order valence-corrected chi connectivity index (χ0v) is 11.2. The molecule has 0 N–H and O–H groups in total. The normalized spacial score (nSPS) is 13.2. The first kappa shape index (κ1) is 13.3. The van der Waals surface area contributed by atoms with E-state index in [0.717, 1.165) is 17.9 Å². The summed E-state index contributed by atoms with van der Waals surface area (Å²) in [5, 5.41) is 0.864. The Morgan fingerprint density at radius 2 is 2.00 bits per heavy atom. The number of benzene rings is 1. The molecule has 1 rings (SSSR count). The number of allylic oxidation sites excluding steroid dienone is 2. The van der Waals surface area contributed by atoms with Crippen LogP contribution in [0.15, 0.2) is 30.4 Å². The second-order valence-corrected chi connectivity index (χ2v) is 4.64. The van der Waals surface area contributed by atoms with Crippen LogP contribution in [0.3, 0.4) is 0 Å². The molecule has 1 aromatic carbocycles. The Kier molecular flexibility index (Phi) is 5.62. The van der Waals surface area contributed by atoms with Gasteiger partial charge in [0.1, 0.15) is 0 Å². The largest absolute Gasteiger partial charge is 0.0888 e. The van der Waals surface area contributed by atoms with Gasteiger partial charge in [-0.25, -0.2) is 0 Å². The average molecular weight is 237 g/mol. The van der Waals surface area contributed by atoms with Crippen molar-refractivity contribution in [3.63, 3.8) is 0 Å². The molecule has 0 saturated carbocycles. The molecule has 0 amide bonds. The Bertz CT molecular complexity index is 352. The lowest BCUT2D eigenvalue weighted by Gasteiger charge is -2.14. The van der Waals surface area contributed by atoms with E-state index >= 15 is 0 Å². The van der Waals surface area contributed by atoms with Crippen LogP contribution in [-0.2, 0) is 0 Å². The van der Waals surface area contributed by atoms with E-state index in [1.54, 1.807) is 0 Å². The van der Waals surface area contributed by atoms with Crippen LogP contribution in [0.1, 0.15) is 50.2 Å². The molecule has 0 heterocycles. The first-order valence-electron chi connectivity index (χ1n) is 6.10. The Labute approximate surface area is 104 Å². The minimum atomic E-state index is 0.624. The molecule has 1 heteroatoms. The Morgan fingerprint density at radius 3 is 2.56 bits per heavy atom. The summed E-state index contributed by atoms with van der Waals surface area (Å²) in [5.41, 5.74) is 2.59.